The van der Waals surface area contributed by atoms with E-state index in [1.54, 1.807) is 17.7 Å². The molecule has 1 aliphatic carbocycles. The maximum atomic E-state index is 4.56. The van der Waals surface area contributed by atoms with E-state index in [1.807, 2.05) is 24.4 Å². The predicted molar refractivity (Wildman–Crippen MR) is 104 cm³/mol. The topological polar surface area (TPSA) is 53.9 Å². The van der Waals surface area contributed by atoms with Crippen molar-refractivity contribution in [2.75, 3.05) is 19.4 Å². The minimum absolute atomic E-state index is 0.478. The van der Waals surface area contributed by atoms with Gasteiger partial charge in [-0.3, -0.25) is 4.98 Å². The first kappa shape index (κ1) is 16.4. The zero-order chi connectivity index (χ0) is 17.2. The Morgan fingerprint density at radius 3 is 2.64 bits per heavy atom. The lowest BCUT2D eigenvalue weighted by Crippen LogP contribution is -2.36. The van der Waals surface area contributed by atoms with Gasteiger partial charge in [0.15, 0.2) is 0 Å². The van der Waals surface area contributed by atoms with Crippen LogP contribution >= 0.6 is 11.3 Å². The minimum atomic E-state index is 0.478. The Hall–Kier alpha value is -2.05. The highest BCUT2D eigenvalue weighted by atomic mass is 32.1. The summed E-state index contributed by atoms with van der Waals surface area (Å²) in [6, 6.07) is 7.18. The van der Waals surface area contributed by atoms with Crippen molar-refractivity contribution in [3.63, 3.8) is 0 Å². The molecule has 3 aromatic heterocycles. The van der Waals surface area contributed by atoms with E-state index in [9.17, 15) is 0 Å². The van der Waals surface area contributed by atoms with Crippen molar-refractivity contribution in [1.29, 1.82) is 0 Å². The SMILES string of the molecule is CN(C)[C@H]1CC[C@H](Nc2ncnc3scc(-c4ccccn4)c23)CC1. The van der Waals surface area contributed by atoms with E-state index in [4.69, 9.17) is 0 Å². The van der Waals surface area contributed by atoms with E-state index < -0.39 is 0 Å². The first-order chi connectivity index (χ1) is 12.2. The first-order valence-electron chi connectivity index (χ1n) is 8.79. The number of fused-ring (bicyclic) bond motifs is 1. The third-order valence-electron chi connectivity index (χ3n) is 5.08. The molecule has 0 unspecified atom stereocenters. The van der Waals surface area contributed by atoms with Gasteiger partial charge >= 0.3 is 0 Å². The lowest BCUT2D eigenvalue weighted by Gasteiger charge is -2.33. The molecule has 6 heteroatoms. The third kappa shape index (κ3) is 3.37. The molecular weight excluding hydrogens is 330 g/mol. The summed E-state index contributed by atoms with van der Waals surface area (Å²) in [5.74, 6) is 0.945. The molecule has 0 aliphatic heterocycles. The van der Waals surface area contributed by atoms with Gasteiger partial charge in [0.25, 0.3) is 0 Å². The van der Waals surface area contributed by atoms with Crippen LogP contribution in [-0.4, -0.2) is 46.0 Å². The molecule has 130 valence electrons. The van der Waals surface area contributed by atoms with E-state index in [1.165, 1.54) is 25.7 Å². The molecule has 0 atom stereocenters. The summed E-state index contributed by atoms with van der Waals surface area (Å²) in [6.45, 7) is 0. The summed E-state index contributed by atoms with van der Waals surface area (Å²) in [6.07, 6.45) is 8.31. The Bertz CT molecular complexity index is 837. The number of hydrogen-bond acceptors (Lipinski definition) is 6. The average molecular weight is 353 g/mol. The Kier molecular flexibility index (Phi) is 4.63. The van der Waals surface area contributed by atoms with Gasteiger partial charge in [-0.2, -0.15) is 0 Å². The lowest BCUT2D eigenvalue weighted by atomic mass is 9.90. The summed E-state index contributed by atoms with van der Waals surface area (Å²) in [5.41, 5.74) is 2.09. The maximum absolute atomic E-state index is 4.56. The van der Waals surface area contributed by atoms with Gasteiger partial charge in [0.05, 0.1) is 11.1 Å². The van der Waals surface area contributed by atoms with Gasteiger partial charge in [-0.05, 0) is 51.9 Å². The number of hydrogen-bond donors (Lipinski definition) is 1. The molecule has 3 aromatic rings. The third-order valence-corrected chi connectivity index (χ3v) is 5.97. The minimum Gasteiger partial charge on any atom is -0.367 e. The highest BCUT2D eigenvalue weighted by Crippen LogP contribution is 2.36. The molecule has 4 rings (SSSR count). The summed E-state index contributed by atoms with van der Waals surface area (Å²) < 4.78 is 0. The quantitative estimate of drug-likeness (QED) is 0.767. The van der Waals surface area contributed by atoms with Crippen molar-refractivity contribution >= 4 is 27.4 Å². The number of pyridine rings is 1. The van der Waals surface area contributed by atoms with Crippen molar-refractivity contribution in [2.24, 2.45) is 0 Å². The molecule has 0 bridgehead atoms. The Morgan fingerprint density at radius 1 is 1.08 bits per heavy atom. The predicted octanol–water partition coefficient (Wildman–Crippen LogP) is 4.04. The monoisotopic (exact) mass is 353 g/mol. The first-order valence-corrected chi connectivity index (χ1v) is 9.67. The number of nitrogens with zero attached hydrogens (tertiary/aromatic N) is 4. The van der Waals surface area contributed by atoms with Crippen LogP contribution in [-0.2, 0) is 0 Å². The highest BCUT2D eigenvalue weighted by Gasteiger charge is 2.23. The van der Waals surface area contributed by atoms with Crippen LogP contribution in [0.2, 0.25) is 0 Å². The van der Waals surface area contributed by atoms with Crippen LogP contribution in [0.1, 0.15) is 25.7 Å². The highest BCUT2D eigenvalue weighted by molar-refractivity contribution is 7.17. The molecule has 1 saturated carbocycles. The number of aromatic nitrogens is 3. The fourth-order valence-electron chi connectivity index (χ4n) is 3.63. The van der Waals surface area contributed by atoms with Crippen LogP contribution in [0.25, 0.3) is 21.5 Å². The maximum Gasteiger partial charge on any atom is 0.139 e. The molecule has 5 nitrogen and oxygen atoms in total. The van der Waals surface area contributed by atoms with Gasteiger partial charge in [0.2, 0.25) is 0 Å². The lowest BCUT2D eigenvalue weighted by molar-refractivity contribution is 0.221. The molecule has 3 heterocycles. The molecule has 0 spiro atoms. The van der Waals surface area contributed by atoms with Gasteiger partial charge in [-0.25, -0.2) is 9.97 Å². The van der Waals surface area contributed by atoms with Crippen LogP contribution < -0.4 is 5.32 Å². The zero-order valence-electron chi connectivity index (χ0n) is 14.6. The zero-order valence-corrected chi connectivity index (χ0v) is 15.5. The molecule has 0 aromatic carbocycles. The smallest absolute Gasteiger partial charge is 0.139 e. The number of anilines is 1. The van der Waals surface area contributed by atoms with Crippen molar-refractivity contribution in [3.8, 4) is 11.3 Å². The van der Waals surface area contributed by atoms with E-state index in [2.05, 4.69) is 44.6 Å². The van der Waals surface area contributed by atoms with Gasteiger partial charge in [0.1, 0.15) is 17.0 Å². The second kappa shape index (κ2) is 7.06. The Labute approximate surface area is 152 Å². The molecular formula is C19H23N5S. The average Bonchev–Trinajstić information content (AvgIpc) is 3.08. The van der Waals surface area contributed by atoms with E-state index in [-0.39, 0.29) is 0 Å². The largest absolute Gasteiger partial charge is 0.367 e. The van der Waals surface area contributed by atoms with Crippen molar-refractivity contribution < 1.29 is 0 Å². The Morgan fingerprint density at radius 2 is 1.92 bits per heavy atom. The van der Waals surface area contributed by atoms with E-state index in [0.717, 1.165) is 27.3 Å². The fourth-order valence-corrected chi connectivity index (χ4v) is 4.53. The van der Waals surface area contributed by atoms with Crippen molar-refractivity contribution in [2.45, 2.75) is 37.8 Å². The second-order valence-corrected chi connectivity index (χ2v) is 7.74. The summed E-state index contributed by atoms with van der Waals surface area (Å²) in [5, 5.41) is 6.92. The molecule has 0 amide bonds. The normalized spacial score (nSPS) is 20.9. The molecule has 1 N–H and O–H groups in total. The van der Waals surface area contributed by atoms with Crippen LogP contribution in [0.15, 0.2) is 36.1 Å². The summed E-state index contributed by atoms with van der Waals surface area (Å²) >= 11 is 1.65. The summed E-state index contributed by atoms with van der Waals surface area (Å²) in [4.78, 5) is 16.9. The van der Waals surface area contributed by atoms with Crippen LogP contribution in [0.5, 0.6) is 0 Å². The molecule has 1 aliphatic rings. The van der Waals surface area contributed by atoms with E-state index >= 15 is 0 Å². The van der Waals surface area contributed by atoms with Gasteiger partial charge in [0, 0.05) is 29.2 Å². The number of nitrogens with one attached hydrogen (secondary N) is 1. The van der Waals surface area contributed by atoms with Crippen LogP contribution in [0, 0.1) is 0 Å². The van der Waals surface area contributed by atoms with Crippen LogP contribution in [0.3, 0.4) is 0 Å². The molecule has 0 radical (unpaired) electrons. The second-order valence-electron chi connectivity index (χ2n) is 6.88. The van der Waals surface area contributed by atoms with E-state index in [0.29, 0.717) is 12.1 Å². The molecule has 1 fully saturated rings. The van der Waals surface area contributed by atoms with Gasteiger partial charge < -0.3 is 10.2 Å². The van der Waals surface area contributed by atoms with Gasteiger partial charge in [-0.15, -0.1) is 11.3 Å². The van der Waals surface area contributed by atoms with Gasteiger partial charge in [-0.1, -0.05) is 6.07 Å². The van der Waals surface area contributed by atoms with Crippen molar-refractivity contribution in [1.82, 2.24) is 19.9 Å². The van der Waals surface area contributed by atoms with Crippen LogP contribution in [0.4, 0.5) is 5.82 Å². The number of thiophene rings is 1. The molecule has 25 heavy (non-hydrogen) atoms. The Balaban J connectivity index is 1.61. The summed E-state index contributed by atoms with van der Waals surface area (Å²) in [7, 11) is 4.35. The molecule has 0 saturated heterocycles. The standard InChI is InChI=1S/C19H23N5S/c1-24(2)14-8-6-13(7-9-14)23-18-17-15(16-5-3-4-10-20-16)11-25-19(17)22-12-21-18/h3-5,10-14H,6-9H2,1-2H3,(H,21,22,23)/t13-,14-. The number of rotatable bonds is 4. The van der Waals surface area contributed by atoms with Crippen molar-refractivity contribution in [3.05, 3.63) is 36.1 Å². The fraction of sp³-hybridized carbons (Fsp3) is 0.421.